The molecule has 2 unspecified atom stereocenters. The lowest BCUT2D eigenvalue weighted by atomic mass is 10.2. The first-order valence-electron chi connectivity index (χ1n) is 6.20. The molecule has 2 aliphatic heterocycles. The summed E-state index contributed by atoms with van der Waals surface area (Å²) >= 11 is 12.1. The Hall–Kier alpha value is -0.420. The minimum absolute atomic E-state index is 0.116. The van der Waals surface area contributed by atoms with Crippen LogP contribution in [0.1, 0.15) is 30.3 Å². The standard InChI is InChI=1S/C12H15Cl2N3O/c1-7-10(13)15-12(16-11(7)14)9-5-17-4-2-3-8(17)6-18-9/h8-9H,2-6H2,1H3. The van der Waals surface area contributed by atoms with Crippen molar-refractivity contribution in [2.24, 2.45) is 0 Å². The molecule has 1 aromatic heterocycles. The fraction of sp³-hybridized carbons (Fsp3) is 0.667. The molecule has 2 fully saturated rings. The Bertz CT molecular complexity index is 446. The molecule has 6 heteroatoms. The van der Waals surface area contributed by atoms with Crippen LogP contribution in [0.5, 0.6) is 0 Å². The number of halogens is 2. The van der Waals surface area contributed by atoms with Crippen molar-refractivity contribution in [3.63, 3.8) is 0 Å². The number of nitrogens with zero attached hydrogens (tertiary/aromatic N) is 3. The van der Waals surface area contributed by atoms with E-state index in [9.17, 15) is 0 Å². The van der Waals surface area contributed by atoms with Crippen LogP contribution in [0.3, 0.4) is 0 Å². The van der Waals surface area contributed by atoms with E-state index >= 15 is 0 Å². The van der Waals surface area contributed by atoms with Gasteiger partial charge in [0.1, 0.15) is 16.4 Å². The molecule has 0 N–H and O–H groups in total. The van der Waals surface area contributed by atoms with E-state index in [2.05, 4.69) is 14.9 Å². The van der Waals surface area contributed by atoms with E-state index in [4.69, 9.17) is 27.9 Å². The maximum Gasteiger partial charge on any atom is 0.161 e. The second-order valence-electron chi connectivity index (χ2n) is 4.90. The van der Waals surface area contributed by atoms with Crippen LogP contribution >= 0.6 is 23.2 Å². The van der Waals surface area contributed by atoms with E-state index < -0.39 is 0 Å². The third-order valence-electron chi connectivity index (χ3n) is 3.72. The smallest absolute Gasteiger partial charge is 0.161 e. The van der Waals surface area contributed by atoms with Crippen LogP contribution in [0, 0.1) is 6.92 Å². The molecule has 0 bridgehead atoms. The Labute approximate surface area is 116 Å². The van der Waals surface area contributed by atoms with Crippen molar-refractivity contribution in [3.05, 3.63) is 21.7 Å². The zero-order chi connectivity index (χ0) is 12.7. The van der Waals surface area contributed by atoms with Crippen molar-refractivity contribution in [3.8, 4) is 0 Å². The predicted octanol–water partition coefficient (Wildman–Crippen LogP) is 2.63. The van der Waals surface area contributed by atoms with E-state index in [0.29, 0.717) is 22.2 Å². The molecule has 0 radical (unpaired) electrons. The van der Waals surface area contributed by atoms with Gasteiger partial charge in [-0.1, -0.05) is 23.2 Å². The molecule has 0 saturated carbocycles. The van der Waals surface area contributed by atoms with Gasteiger partial charge in [0.05, 0.1) is 6.61 Å². The number of fused-ring (bicyclic) bond motifs is 1. The second-order valence-corrected chi connectivity index (χ2v) is 5.62. The minimum atomic E-state index is -0.116. The Morgan fingerprint density at radius 3 is 2.72 bits per heavy atom. The van der Waals surface area contributed by atoms with Crippen molar-refractivity contribution < 1.29 is 4.74 Å². The zero-order valence-corrected chi connectivity index (χ0v) is 11.7. The van der Waals surface area contributed by atoms with E-state index in [1.165, 1.54) is 12.8 Å². The molecular weight excluding hydrogens is 273 g/mol. The molecule has 0 aromatic carbocycles. The Kier molecular flexibility index (Phi) is 3.45. The van der Waals surface area contributed by atoms with Crippen LogP contribution < -0.4 is 0 Å². The number of aromatic nitrogens is 2. The van der Waals surface area contributed by atoms with Gasteiger partial charge in [-0.25, -0.2) is 9.97 Å². The molecule has 3 heterocycles. The summed E-state index contributed by atoms with van der Waals surface area (Å²) in [4.78, 5) is 11.0. The normalized spacial score (nSPS) is 28.4. The van der Waals surface area contributed by atoms with Gasteiger partial charge >= 0.3 is 0 Å². The second kappa shape index (κ2) is 4.93. The average Bonchev–Trinajstić information content (AvgIpc) is 2.82. The topological polar surface area (TPSA) is 38.2 Å². The predicted molar refractivity (Wildman–Crippen MR) is 70.1 cm³/mol. The number of hydrogen-bond donors (Lipinski definition) is 0. The highest BCUT2D eigenvalue weighted by Crippen LogP contribution is 2.30. The summed E-state index contributed by atoms with van der Waals surface area (Å²) < 4.78 is 5.84. The van der Waals surface area contributed by atoms with Crippen LogP contribution in [0.4, 0.5) is 0 Å². The van der Waals surface area contributed by atoms with Crippen LogP contribution in [0.25, 0.3) is 0 Å². The molecule has 2 aliphatic rings. The molecular formula is C12H15Cl2N3O. The van der Waals surface area contributed by atoms with E-state index in [1.807, 2.05) is 6.92 Å². The first-order valence-corrected chi connectivity index (χ1v) is 6.96. The maximum atomic E-state index is 6.04. The summed E-state index contributed by atoms with van der Waals surface area (Å²) in [5.41, 5.74) is 0.719. The third kappa shape index (κ3) is 2.23. The van der Waals surface area contributed by atoms with Crippen LogP contribution in [-0.4, -0.2) is 40.6 Å². The number of ether oxygens (including phenoxy) is 1. The number of rotatable bonds is 1. The average molecular weight is 288 g/mol. The van der Waals surface area contributed by atoms with Gasteiger partial charge in [0.15, 0.2) is 5.82 Å². The van der Waals surface area contributed by atoms with E-state index in [1.54, 1.807) is 0 Å². The van der Waals surface area contributed by atoms with Crippen molar-refractivity contribution in [2.75, 3.05) is 19.7 Å². The van der Waals surface area contributed by atoms with Crippen LogP contribution in [-0.2, 0) is 4.74 Å². The lowest BCUT2D eigenvalue weighted by molar-refractivity contribution is -0.0541. The van der Waals surface area contributed by atoms with Gasteiger partial charge in [0.2, 0.25) is 0 Å². The highest BCUT2D eigenvalue weighted by atomic mass is 35.5. The van der Waals surface area contributed by atoms with Gasteiger partial charge in [-0.15, -0.1) is 0 Å². The summed E-state index contributed by atoms with van der Waals surface area (Å²) in [5, 5.41) is 0.828. The SMILES string of the molecule is Cc1c(Cl)nc(C2CN3CCCC3CO2)nc1Cl. The van der Waals surface area contributed by atoms with Crippen molar-refractivity contribution in [1.29, 1.82) is 0 Å². The van der Waals surface area contributed by atoms with Gasteiger partial charge in [-0.05, 0) is 26.3 Å². The minimum Gasteiger partial charge on any atom is -0.367 e. The third-order valence-corrected chi connectivity index (χ3v) is 4.46. The van der Waals surface area contributed by atoms with Crippen molar-refractivity contribution in [1.82, 2.24) is 14.9 Å². The lowest BCUT2D eigenvalue weighted by Gasteiger charge is -2.34. The summed E-state index contributed by atoms with van der Waals surface area (Å²) in [7, 11) is 0. The van der Waals surface area contributed by atoms with Crippen LogP contribution in [0.2, 0.25) is 10.3 Å². The van der Waals surface area contributed by atoms with E-state index in [-0.39, 0.29) is 6.10 Å². The first-order chi connectivity index (χ1) is 8.65. The maximum absolute atomic E-state index is 6.04. The number of morpholine rings is 1. The largest absolute Gasteiger partial charge is 0.367 e. The highest BCUT2D eigenvalue weighted by molar-refractivity contribution is 6.34. The van der Waals surface area contributed by atoms with E-state index in [0.717, 1.165) is 25.3 Å². The highest BCUT2D eigenvalue weighted by Gasteiger charge is 2.34. The fourth-order valence-corrected chi connectivity index (χ4v) is 3.00. The molecule has 0 aliphatic carbocycles. The van der Waals surface area contributed by atoms with Gasteiger partial charge < -0.3 is 4.74 Å². The summed E-state index contributed by atoms with van der Waals surface area (Å²) in [6, 6.07) is 0.567. The summed E-state index contributed by atoms with van der Waals surface area (Å²) in [6.07, 6.45) is 2.36. The molecule has 98 valence electrons. The molecule has 1 aromatic rings. The molecule has 0 spiro atoms. The fourth-order valence-electron chi connectivity index (χ4n) is 2.60. The van der Waals surface area contributed by atoms with Crippen LogP contribution in [0.15, 0.2) is 0 Å². The Morgan fingerprint density at radius 2 is 2.00 bits per heavy atom. The molecule has 0 amide bonds. The summed E-state index contributed by atoms with van der Waals surface area (Å²) in [6.45, 7) is 4.53. The molecule has 18 heavy (non-hydrogen) atoms. The Morgan fingerprint density at radius 1 is 1.28 bits per heavy atom. The first kappa shape index (κ1) is 12.6. The van der Waals surface area contributed by atoms with Gasteiger partial charge in [0.25, 0.3) is 0 Å². The monoisotopic (exact) mass is 287 g/mol. The van der Waals surface area contributed by atoms with Crippen molar-refractivity contribution >= 4 is 23.2 Å². The Balaban J connectivity index is 1.83. The quantitative estimate of drug-likeness (QED) is 0.745. The van der Waals surface area contributed by atoms with Gasteiger partial charge in [-0.3, -0.25) is 4.90 Å². The summed E-state index contributed by atoms with van der Waals surface area (Å²) in [5.74, 6) is 0.598. The molecule has 3 rings (SSSR count). The molecule has 4 nitrogen and oxygen atoms in total. The molecule has 2 saturated heterocycles. The zero-order valence-electron chi connectivity index (χ0n) is 10.2. The molecule has 2 atom stereocenters. The van der Waals surface area contributed by atoms with Gasteiger partial charge in [-0.2, -0.15) is 0 Å². The van der Waals surface area contributed by atoms with Crippen molar-refractivity contribution in [2.45, 2.75) is 31.9 Å². The van der Waals surface area contributed by atoms with Gasteiger partial charge in [0, 0.05) is 18.2 Å². The number of hydrogen-bond acceptors (Lipinski definition) is 4. The lowest BCUT2D eigenvalue weighted by Crippen LogP contribution is -2.42.